The lowest BCUT2D eigenvalue weighted by atomic mass is 10.3. The van der Waals surface area contributed by atoms with Crippen LogP contribution in [-0.2, 0) is 25.4 Å². The zero-order valence-corrected chi connectivity index (χ0v) is 19.9. The normalized spacial score (nSPS) is 11.3. The van der Waals surface area contributed by atoms with E-state index in [1.165, 1.54) is 22.2 Å². The molecule has 0 aliphatic heterocycles. The molecule has 1 aromatic carbocycles. The van der Waals surface area contributed by atoms with Crippen molar-refractivity contribution in [3.05, 3.63) is 86.8 Å². The average molecular weight is 491 g/mol. The molecule has 4 heterocycles. The average Bonchev–Trinajstić information content (AvgIpc) is 3.62. The fraction of sp³-hybridized carbons (Fsp3) is 0.208. The number of fused-ring (bicyclic) bond motifs is 1. The Morgan fingerprint density at radius 2 is 1.89 bits per heavy atom. The summed E-state index contributed by atoms with van der Waals surface area (Å²) in [6.07, 6.45) is 1.79. The molecule has 0 saturated heterocycles. The van der Waals surface area contributed by atoms with Crippen LogP contribution in [0.25, 0.3) is 27.4 Å². The molecule has 0 fully saturated rings. The van der Waals surface area contributed by atoms with E-state index in [0.29, 0.717) is 29.0 Å². The minimum absolute atomic E-state index is 0.0339. The summed E-state index contributed by atoms with van der Waals surface area (Å²) in [6, 6.07) is 14.9. The minimum atomic E-state index is -0.536. The topological polar surface area (TPSA) is 106 Å². The summed E-state index contributed by atoms with van der Waals surface area (Å²) in [5, 5.41) is 6.56. The van der Waals surface area contributed by atoms with Crippen LogP contribution in [0.1, 0.15) is 16.9 Å². The van der Waals surface area contributed by atoms with Gasteiger partial charge in [0.05, 0.1) is 23.5 Å². The zero-order chi connectivity index (χ0) is 24.5. The van der Waals surface area contributed by atoms with Gasteiger partial charge in [-0.2, -0.15) is 5.10 Å². The molecule has 35 heavy (non-hydrogen) atoms. The molecule has 5 rings (SSSR count). The van der Waals surface area contributed by atoms with Crippen molar-refractivity contribution in [2.45, 2.75) is 13.0 Å². The van der Waals surface area contributed by atoms with Crippen molar-refractivity contribution in [2.75, 3.05) is 6.61 Å². The second kappa shape index (κ2) is 9.18. The Kier molecular flexibility index (Phi) is 5.91. The van der Waals surface area contributed by atoms with E-state index < -0.39 is 17.2 Å². The van der Waals surface area contributed by atoms with Gasteiger partial charge in [-0.3, -0.25) is 13.9 Å². The van der Waals surface area contributed by atoms with Gasteiger partial charge in [0.1, 0.15) is 5.69 Å². The third-order valence-corrected chi connectivity index (χ3v) is 6.55. The number of hydrogen-bond donors (Lipinski definition) is 0. The quantitative estimate of drug-likeness (QED) is 0.257. The second-order valence-corrected chi connectivity index (χ2v) is 8.90. The first-order chi connectivity index (χ1) is 17.0. The lowest BCUT2D eigenvalue weighted by molar-refractivity contribution is 0.0484. The van der Waals surface area contributed by atoms with Gasteiger partial charge in [0, 0.05) is 26.7 Å². The summed E-state index contributed by atoms with van der Waals surface area (Å²) >= 11 is 1.53. The number of thiophene rings is 1. The van der Waals surface area contributed by atoms with Crippen LogP contribution in [0.4, 0.5) is 0 Å². The highest BCUT2D eigenvalue weighted by molar-refractivity contribution is 7.13. The van der Waals surface area contributed by atoms with Gasteiger partial charge in [-0.25, -0.2) is 19.3 Å². The number of nitrogens with zero attached hydrogens (tertiary/aromatic N) is 6. The first-order valence-electron chi connectivity index (χ1n) is 10.9. The minimum Gasteiger partial charge on any atom is -0.461 e. The predicted octanol–water partition coefficient (Wildman–Crippen LogP) is 2.60. The molecule has 0 radical (unpaired) electrons. The highest BCUT2D eigenvalue weighted by atomic mass is 32.1. The number of hydrogen-bond acceptors (Lipinski definition) is 7. The lowest BCUT2D eigenvalue weighted by Gasteiger charge is -2.10. The Labute approximate surface area is 203 Å². The molecule has 0 bridgehead atoms. The molecule has 0 aliphatic rings. The highest BCUT2D eigenvalue weighted by Gasteiger charge is 2.20. The Hall–Kier alpha value is -4.25. The van der Waals surface area contributed by atoms with E-state index in [-0.39, 0.29) is 13.2 Å². The smallest absolute Gasteiger partial charge is 0.357 e. The molecule has 0 unspecified atom stereocenters. The maximum absolute atomic E-state index is 13.0. The molecule has 0 saturated carbocycles. The summed E-state index contributed by atoms with van der Waals surface area (Å²) in [6.45, 7) is 0.143. The zero-order valence-electron chi connectivity index (χ0n) is 19.1. The van der Waals surface area contributed by atoms with E-state index in [9.17, 15) is 14.4 Å². The lowest BCUT2D eigenvalue weighted by Crippen LogP contribution is -2.39. The van der Waals surface area contributed by atoms with Crippen molar-refractivity contribution in [1.29, 1.82) is 0 Å². The van der Waals surface area contributed by atoms with Gasteiger partial charge in [0.25, 0.3) is 5.56 Å². The van der Waals surface area contributed by atoms with Crippen molar-refractivity contribution >= 4 is 28.5 Å². The van der Waals surface area contributed by atoms with E-state index in [1.807, 2.05) is 47.8 Å². The summed E-state index contributed by atoms with van der Waals surface area (Å²) in [5.41, 5.74) is 1.51. The van der Waals surface area contributed by atoms with E-state index in [1.54, 1.807) is 29.4 Å². The van der Waals surface area contributed by atoms with Gasteiger partial charge in [-0.05, 0) is 30.0 Å². The molecule has 0 spiro atoms. The molecule has 5 aromatic rings. The van der Waals surface area contributed by atoms with Gasteiger partial charge in [0.15, 0.2) is 16.9 Å². The number of aryl methyl sites for hydroxylation is 2. The maximum Gasteiger partial charge on any atom is 0.357 e. The second-order valence-electron chi connectivity index (χ2n) is 7.96. The van der Waals surface area contributed by atoms with Crippen molar-refractivity contribution in [3.63, 3.8) is 0 Å². The summed E-state index contributed by atoms with van der Waals surface area (Å²) < 4.78 is 11.1. The van der Waals surface area contributed by atoms with Crippen LogP contribution < -0.4 is 11.2 Å². The van der Waals surface area contributed by atoms with E-state index >= 15 is 0 Å². The van der Waals surface area contributed by atoms with Gasteiger partial charge in [-0.1, -0.05) is 24.3 Å². The fourth-order valence-electron chi connectivity index (χ4n) is 3.89. The first kappa shape index (κ1) is 22.5. The summed E-state index contributed by atoms with van der Waals surface area (Å²) in [4.78, 5) is 43.5. The van der Waals surface area contributed by atoms with E-state index in [0.717, 1.165) is 15.1 Å². The number of carbonyl (C=O) groups is 1. The SMILES string of the molecule is Cn1cnc2c1c(=O)n(CCCOC(=O)c1cc(-c3cccs3)nn1-c1ccccc1)c(=O)n2C. The number of ether oxygens (including phenoxy) is 1. The van der Waals surface area contributed by atoms with E-state index in [2.05, 4.69) is 10.1 Å². The summed E-state index contributed by atoms with van der Waals surface area (Å²) in [5.74, 6) is -0.536. The molecule has 0 N–H and O–H groups in total. The van der Waals surface area contributed by atoms with Crippen molar-refractivity contribution in [2.24, 2.45) is 14.1 Å². The van der Waals surface area contributed by atoms with Crippen LogP contribution in [0.2, 0.25) is 0 Å². The molecule has 0 aliphatic carbocycles. The number of benzene rings is 1. The number of carbonyl (C=O) groups excluding carboxylic acids is 1. The monoisotopic (exact) mass is 490 g/mol. The van der Waals surface area contributed by atoms with Crippen molar-refractivity contribution in [1.82, 2.24) is 28.5 Å². The maximum atomic E-state index is 13.0. The predicted molar refractivity (Wildman–Crippen MR) is 132 cm³/mol. The van der Waals surface area contributed by atoms with Crippen LogP contribution in [0.3, 0.4) is 0 Å². The highest BCUT2D eigenvalue weighted by Crippen LogP contribution is 2.26. The number of rotatable bonds is 7. The number of imidazole rings is 1. The van der Waals surface area contributed by atoms with Crippen molar-refractivity contribution < 1.29 is 9.53 Å². The Bertz CT molecular complexity index is 1630. The molecular weight excluding hydrogens is 468 g/mol. The van der Waals surface area contributed by atoms with Gasteiger partial charge >= 0.3 is 11.7 Å². The Morgan fingerprint density at radius 1 is 1.09 bits per heavy atom. The van der Waals surface area contributed by atoms with Crippen LogP contribution in [0.5, 0.6) is 0 Å². The molecule has 10 nitrogen and oxygen atoms in total. The number of para-hydroxylation sites is 1. The first-order valence-corrected chi connectivity index (χ1v) is 11.8. The van der Waals surface area contributed by atoms with Crippen LogP contribution in [0.15, 0.2) is 69.8 Å². The largest absolute Gasteiger partial charge is 0.461 e. The third kappa shape index (κ3) is 4.10. The number of esters is 1. The molecule has 0 amide bonds. The van der Waals surface area contributed by atoms with Crippen LogP contribution in [0, 0.1) is 0 Å². The number of aromatic nitrogens is 6. The standard InChI is InChI=1S/C24H22N6O4S/c1-27-15-25-21-20(27)22(31)29(24(33)28(21)2)11-7-12-34-23(32)18-14-17(19-10-6-13-35-19)26-30(18)16-8-4-3-5-9-16/h3-6,8-10,13-15H,7,11-12H2,1-2H3. The van der Waals surface area contributed by atoms with Gasteiger partial charge in [-0.15, -0.1) is 11.3 Å². The Morgan fingerprint density at radius 3 is 2.63 bits per heavy atom. The molecular formula is C24H22N6O4S. The molecule has 11 heteroatoms. The van der Waals surface area contributed by atoms with E-state index in [4.69, 9.17) is 4.74 Å². The Balaban J connectivity index is 1.34. The molecule has 4 aromatic heterocycles. The van der Waals surface area contributed by atoms with Crippen LogP contribution >= 0.6 is 11.3 Å². The third-order valence-electron chi connectivity index (χ3n) is 5.65. The van der Waals surface area contributed by atoms with Crippen molar-refractivity contribution in [3.8, 4) is 16.3 Å². The van der Waals surface area contributed by atoms with Gasteiger partial charge in [0.2, 0.25) is 0 Å². The van der Waals surface area contributed by atoms with Crippen LogP contribution in [-0.4, -0.2) is 41.0 Å². The van der Waals surface area contributed by atoms with Gasteiger partial charge < -0.3 is 9.30 Å². The fourth-order valence-corrected chi connectivity index (χ4v) is 4.57. The molecule has 178 valence electrons. The summed E-state index contributed by atoms with van der Waals surface area (Å²) in [7, 11) is 3.28. The molecule has 0 atom stereocenters.